The molecule has 1 saturated heterocycles. The fourth-order valence-corrected chi connectivity index (χ4v) is 5.15. The summed E-state index contributed by atoms with van der Waals surface area (Å²) in [4.78, 5) is 25.0. The Morgan fingerprint density at radius 2 is 1.81 bits per heavy atom. The molecule has 0 bridgehead atoms. The molecular weight excluding hydrogens is 388 g/mol. The molecule has 1 aliphatic rings. The van der Waals surface area contributed by atoms with Crippen molar-refractivity contribution >= 4 is 44.8 Å². The summed E-state index contributed by atoms with van der Waals surface area (Å²) in [6.07, 6.45) is 0. The molecular formula is C19H19ClN2O4S. The van der Waals surface area contributed by atoms with E-state index in [0.717, 1.165) is 11.1 Å². The van der Waals surface area contributed by atoms with E-state index in [1.54, 1.807) is 6.92 Å². The number of amides is 2. The number of hydrogen-bond donors (Lipinski definition) is 1. The lowest BCUT2D eigenvalue weighted by Gasteiger charge is -2.18. The summed E-state index contributed by atoms with van der Waals surface area (Å²) in [6.45, 7) is 5.31. The number of carbonyl (C=O) groups excluding carboxylic acids is 2. The van der Waals surface area contributed by atoms with Crippen LogP contribution in [0.3, 0.4) is 0 Å². The molecule has 1 unspecified atom stereocenters. The molecule has 2 amide bonds. The van der Waals surface area contributed by atoms with Gasteiger partial charge in [0, 0.05) is 11.3 Å². The van der Waals surface area contributed by atoms with E-state index in [4.69, 9.17) is 11.6 Å². The van der Waals surface area contributed by atoms with Gasteiger partial charge in [0.1, 0.15) is 0 Å². The van der Waals surface area contributed by atoms with Crippen LogP contribution < -0.4 is 9.62 Å². The average molecular weight is 407 g/mol. The van der Waals surface area contributed by atoms with Crippen molar-refractivity contribution < 1.29 is 18.0 Å². The molecule has 1 fully saturated rings. The third kappa shape index (κ3) is 3.57. The molecule has 0 aromatic heterocycles. The second-order valence-corrected chi connectivity index (χ2v) is 8.94. The van der Waals surface area contributed by atoms with Crippen LogP contribution in [0.5, 0.6) is 0 Å². The fraction of sp³-hybridized carbons (Fsp3) is 0.263. The number of halogens is 1. The lowest BCUT2D eigenvalue weighted by Crippen LogP contribution is -2.30. The Labute approximate surface area is 163 Å². The first-order valence-electron chi connectivity index (χ1n) is 8.36. The molecule has 1 aliphatic heterocycles. The first kappa shape index (κ1) is 19.4. The maximum absolute atomic E-state index is 12.7. The summed E-state index contributed by atoms with van der Waals surface area (Å²) in [6, 6.07) is 9.90. The number of para-hydroxylation sites is 1. The third-order valence-electron chi connectivity index (χ3n) is 4.51. The number of aryl methyl sites for hydroxylation is 2. The lowest BCUT2D eigenvalue weighted by molar-refractivity contribution is -0.119. The van der Waals surface area contributed by atoms with Crippen molar-refractivity contribution in [1.82, 2.24) is 0 Å². The van der Waals surface area contributed by atoms with Gasteiger partial charge >= 0.3 is 0 Å². The number of carbonyl (C=O) groups is 2. The Morgan fingerprint density at radius 1 is 1.19 bits per heavy atom. The molecule has 1 heterocycles. The lowest BCUT2D eigenvalue weighted by atomic mass is 10.1. The molecule has 2 aromatic rings. The maximum Gasteiger partial charge on any atom is 0.255 e. The van der Waals surface area contributed by atoms with Crippen LogP contribution in [-0.4, -0.2) is 26.0 Å². The van der Waals surface area contributed by atoms with Gasteiger partial charge in [-0.05, 0) is 43.2 Å². The average Bonchev–Trinajstić information content (AvgIpc) is 2.79. The quantitative estimate of drug-likeness (QED) is 0.845. The summed E-state index contributed by atoms with van der Waals surface area (Å²) in [5, 5.41) is 2.93. The van der Waals surface area contributed by atoms with Gasteiger partial charge in [-0.2, -0.15) is 0 Å². The fourth-order valence-electron chi connectivity index (χ4n) is 3.07. The summed E-state index contributed by atoms with van der Waals surface area (Å²) in [5.41, 5.74) is 2.71. The largest absolute Gasteiger partial charge is 0.322 e. The van der Waals surface area contributed by atoms with Crippen molar-refractivity contribution in [3.05, 3.63) is 58.1 Å². The number of rotatable bonds is 3. The second kappa shape index (κ2) is 6.98. The van der Waals surface area contributed by atoms with Crippen molar-refractivity contribution in [2.75, 3.05) is 15.4 Å². The van der Waals surface area contributed by atoms with Crippen LogP contribution >= 0.6 is 11.6 Å². The molecule has 6 nitrogen and oxygen atoms in total. The summed E-state index contributed by atoms with van der Waals surface area (Å²) < 4.78 is 25.4. The van der Waals surface area contributed by atoms with E-state index in [-0.39, 0.29) is 22.0 Å². The zero-order valence-corrected chi connectivity index (χ0v) is 16.7. The minimum atomic E-state index is -3.81. The van der Waals surface area contributed by atoms with E-state index < -0.39 is 27.8 Å². The predicted molar refractivity (Wildman–Crippen MR) is 106 cm³/mol. The first-order chi connectivity index (χ1) is 12.6. The Kier molecular flexibility index (Phi) is 5.01. The highest BCUT2D eigenvalue weighted by Gasteiger charge is 2.43. The van der Waals surface area contributed by atoms with Crippen LogP contribution in [0.15, 0.2) is 36.4 Å². The number of anilines is 2. The minimum absolute atomic E-state index is 0.000159. The summed E-state index contributed by atoms with van der Waals surface area (Å²) >= 11 is 6.14. The number of benzene rings is 2. The van der Waals surface area contributed by atoms with Gasteiger partial charge in [-0.3, -0.25) is 9.59 Å². The van der Waals surface area contributed by atoms with Crippen molar-refractivity contribution in [2.45, 2.75) is 20.8 Å². The number of nitrogens with zero attached hydrogens (tertiary/aromatic N) is 1. The van der Waals surface area contributed by atoms with Gasteiger partial charge in [-0.1, -0.05) is 36.7 Å². The molecule has 0 radical (unpaired) electrons. The molecule has 27 heavy (non-hydrogen) atoms. The molecule has 1 atom stereocenters. The molecule has 8 heteroatoms. The van der Waals surface area contributed by atoms with E-state index >= 15 is 0 Å². The van der Waals surface area contributed by atoms with Gasteiger partial charge in [0.05, 0.1) is 22.4 Å². The van der Waals surface area contributed by atoms with E-state index in [9.17, 15) is 18.0 Å². The SMILES string of the molecule is Cc1cccc(C)c1NC(=O)c1ccc(Cl)c(N2C(=O)C(C)CS2(=O)=O)c1. The van der Waals surface area contributed by atoms with Gasteiger partial charge in [0.15, 0.2) is 0 Å². The van der Waals surface area contributed by atoms with Crippen molar-refractivity contribution in [2.24, 2.45) is 5.92 Å². The highest BCUT2D eigenvalue weighted by atomic mass is 35.5. The molecule has 0 saturated carbocycles. The van der Waals surface area contributed by atoms with E-state index in [2.05, 4.69) is 5.32 Å². The van der Waals surface area contributed by atoms with E-state index in [1.807, 2.05) is 32.0 Å². The molecule has 0 aliphatic carbocycles. The molecule has 3 rings (SSSR count). The maximum atomic E-state index is 12.7. The van der Waals surface area contributed by atoms with Crippen molar-refractivity contribution in [3.63, 3.8) is 0 Å². The zero-order valence-electron chi connectivity index (χ0n) is 15.1. The van der Waals surface area contributed by atoms with Gasteiger partial charge < -0.3 is 5.32 Å². The normalized spacial score (nSPS) is 18.6. The highest BCUT2D eigenvalue weighted by Crippen LogP contribution is 2.34. The topological polar surface area (TPSA) is 83.6 Å². The van der Waals surface area contributed by atoms with Gasteiger partial charge in [0.25, 0.3) is 5.91 Å². The number of nitrogens with one attached hydrogen (secondary N) is 1. The molecule has 2 aromatic carbocycles. The van der Waals surface area contributed by atoms with Crippen molar-refractivity contribution in [1.29, 1.82) is 0 Å². The Bertz CT molecular complexity index is 1030. The minimum Gasteiger partial charge on any atom is -0.322 e. The molecule has 0 spiro atoms. The second-order valence-electron chi connectivity index (χ2n) is 6.67. The van der Waals surface area contributed by atoms with Crippen molar-refractivity contribution in [3.8, 4) is 0 Å². The monoisotopic (exact) mass is 406 g/mol. The Hall–Kier alpha value is -2.38. The standard InChI is InChI=1S/C19H19ClN2O4S/c1-11-5-4-6-12(2)17(11)21-18(23)14-7-8-15(20)16(9-14)22-19(24)13(3)10-27(22,25)26/h4-9,13H,10H2,1-3H3,(H,21,23). The summed E-state index contributed by atoms with van der Waals surface area (Å²) in [5.74, 6) is -1.90. The molecule has 1 N–H and O–H groups in total. The zero-order chi connectivity index (χ0) is 19.9. The highest BCUT2D eigenvalue weighted by molar-refractivity contribution is 7.94. The van der Waals surface area contributed by atoms with Crippen LogP contribution in [0, 0.1) is 19.8 Å². The van der Waals surface area contributed by atoms with Gasteiger partial charge in [0.2, 0.25) is 15.9 Å². The number of sulfonamides is 1. The summed E-state index contributed by atoms with van der Waals surface area (Å²) in [7, 11) is -3.81. The first-order valence-corrected chi connectivity index (χ1v) is 10.3. The number of hydrogen-bond acceptors (Lipinski definition) is 4. The smallest absolute Gasteiger partial charge is 0.255 e. The van der Waals surface area contributed by atoms with Crippen LogP contribution in [-0.2, 0) is 14.8 Å². The Balaban J connectivity index is 1.99. The van der Waals surface area contributed by atoms with Crippen LogP contribution in [0.25, 0.3) is 0 Å². The van der Waals surface area contributed by atoms with Crippen LogP contribution in [0.2, 0.25) is 5.02 Å². The van der Waals surface area contributed by atoms with E-state index in [1.165, 1.54) is 18.2 Å². The third-order valence-corrected chi connectivity index (χ3v) is 6.68. The van der Waals surface area contributed by atoms with Crippen LogP contribution in [0.1, 0.15) is 28.4 Å². The van der Waals surface area contributed by atoms with E-state index in [0.29, 0.717) is 9.99 Å². The van der Waals surface area contributed by atoms with Crippen LogP contribution in [0.4, 0.5) is 11.4 Å². The van der Waals surface area contributed by atoms with Gasteiger partial charge in [-0.15, -0.1) is 0 Å². The predicted octanol–water partition coefficient (Wildman–Crippen LogP) is 3.52. The van der Waals surface area contributed by atoms with Gasteiger partial charge in [-0.25, -0.2) is 12.7 Å². The molecule has 142 valence electrons. The Morgan fingerprint density at radius 3 is 2.37 bits per heavy atom.